The second-order valence-corrected chi connectivity index (χ2v) is 8.27. The molecule has 0 fully saturated rings. The second kappa shape index (κ2) is 6.52. The molecule has 0 bridgehead atoms. The highest BCUT2D eigenvalue weighted by Gasteiger charge is 2.09. The lowest BCUT2D eigenvalue weighted by Gasteiger charge is -2.01. The molecule has 0 atom stereocenters. The Labute approximate surface area is 161 Å². The van der Waals surface area contributed by atoms with E-state index in [1.165, 1.54) is 4.88 Å². The largest absolute Gasteiger partial charge is 0.297 e. The molecular weight excluding hydrogens is 427 g/mol. The lowest BCUT2D eigenvalue weighted by molar-refractivity contribution is 1.16. The first-order chi connectivity index (χ1) is 11.6. The molecule has 120 valence electrons. The van der Waals surface area contributed by atoms with Crippen LogP contribution in [0, 0.1) is 0 Å². The van der Waals surface area contributed by atoms with E-state index in [2.05, 4.69) is 44.9 Å². The van der Waals surface area contributed by atoms with Crippen LogP contribution in [0.2, 0.25) is 10.0 Å². The molecule has 0 aliphatic heterocycles. The number of hydrogen-bond acceptors (Lipinski definition) is 2. The van der Waals surface area contributed by atoms with Gasteiger partial charge in [0.25, 0.3) is 0 Å². The Bertz CT molecular complexity index is 990. The third-order valence-electron chi connectivity index (χ3n) is 3.71. The molecule has 2 aromatic carbocycles. The van der Waals surface area contributed by atoms with Crippen molar-refractivity contribution >= 4 is 55.4 Å². The summed E-state index contributed by atoms with van der Waals surface area (Å²) >= 11 is 17.2. The zero-order valence-corrected chi connectivity index (χ0v) is 16.3. The van der Waals surface area contributed by atoms with Gasteiger partial charge in [-0.25, -0.2) is 4.98 Å². The van der Waals surface area contributed by atoms with Crippen LogP contribution in [0.1, 0.15) is 10.4 Å². The molecule has 0 amide bonds. The molecule has 0 spiro atoms. The number of thiazole rings is 1. The first kappa shape index (κ1) is 16.2. The van der Waals surface area contributed by atoms with Crippen molar-refractivity contribution in [2.24, 2.45) is 0 Å². The molecule has 0 N–H and O–H groups in total. The first-order valence-corrected chi connectivity index (χ1v) is 9.62. The van der Waals surface area contributed by atoms with Crippen molar-refractivity contribution in [1.82, 2.24) is 9.38 Å². The summed E-state index contributed by atoms with van der Waals surface area (Å²) in [5.41, 5.74) is 3.23. The molecule has 4 rings (SSSR count). The number of imidazole rings is 1. The van der Waals surface area contributed by atoms with Crippen LogP contribution in [-0.4, -0.2) is 9.38 Å². The third-order valence-corrected chi connectivity index (χ3v) is 5.97. The highest BCUT2D eigenvalue weighted by atomic mass is 79.9. The summed E-state index contributed by atoms with van der Waals surface area (Å²) in [5, 5.41) is 1.17. The fourth-order valence-electron chi connectivity index (χ4n) is 2.54. The molecule has 2 nitrogen and oxygen atoms in total. The average Bonchev–Trinajstić information content (AvgIpc) is 3.10. The lowest BCUT2D eigenvalue weighted by atomic mass is 10.1. The van der Waals surface area contributed by atoms with Crippen LogP contribution in [0.4, 0.5) is 0 Å². The average molecular weight is 438 g/mol. The van der Waals surface area contributed by atoms with Gasteiger partial charge in [-0.05, 0) is 29.8 Å². The summed E-state index contributed by atoms with van der Waals surface area (Å²) in [4.78, 5) is 6.95. The van der Waals surface area contributed by atoms with Gasteiger partial charge in [-0.2, -0.15) is 0 Å². The fourth-order valence-corrected chi connectivity index (χ4v) is 4.12. The summed E-state index contributed by atoms with van der Waals surface area (Å²) < 4.78 is 3.14. The summed E-state index contributed by atoms with van der Waals surface area (Å²) in [5.74, 6) is 0. The molecule has 6 heteroatoms. The molecule has 0 radical (unpaired) electrons. The Kier molecular flexibility index (Phi) is 4.39. The van der Waals surface area contributed by atoms with Gasteiger partial charge >= 0.3 is 0 Å². The van der Waals surface area contributed by atoms with E-state index < -0.39 is 0 Å². The van der Waals surface area contributed by atoms with Gasteiger partial charge in [-0.1, -0.05) is 57.3 Å². The van der Waals surface area contributed by atoms with Gasteiger partial charge in [0, 0.05) is 33.7 Å². The predicted octanol–water partition coefficient (Wildman–Crippen LogP) is 6.72. The second-order valence-electron chi connectivity index (χ2n) is 5.45. The van der Waals surface area contributed by atoms with E-state index in [1.807, 2.05) is 30.3 Å². The van der Waals surface area contributed by atoms with Crippen LogP contribution in [0.5, 0.6) is 0 Å². The molecule has 0 aliphatic carbocycles. The molecule has 2 aromatic heterocycles. The standard InChI is InChI=1S/C18H11BrCl2N2S/c19-13-4-2-12(3-5-13)17-10-23-9-14(24-18(23)22-17)7-11-1-6-15(20)16(21)8-11/h1-6,8-10H,7H2. The van der Waals surface area contributed by atoms with Crippen LogP contribution in [0.3, 0.4) is 0 Å². The van der Waals surface area contributed by atoms with Crippen LogP contribution >= 0.6 is 50.5 Å². The van der Waals surface area contributed by atoms with E-state index >= 15 is 0 Å². The van der Waals surface area contributed by atoms with Crippen molar-refractivity contribution in [3.8, 4) is 11.3 Å². The first-order valence-electron chi connectivity index (χ1n) is 7.26. The number of aromatic nitrogens is 2. The van der Waals surface area contributed by atoms with E-state index in [1.54, 1.807) is 11.3 Å². The number of halogens is 3. The summed E-state index contributed by atoms with van der Waals surface area (Å²) in [7, 11) is 0. The van der Waals surface area contributed by atoms with Crippen LogP contribution in [0.25, 0.3) is 16.2 Å². The summed E-state index contributed by atoms with van der Waals surface area (Å²) in [6.45, 7) is 0. The van der Waals surface area contributed by atoms with Gasteiger partial charge in [0.05, 0.1) is 15.7 Å². The fraction of sp³-hybridized carbons (Fsp3) is 0.0556. The maximum Gasteiger partial charge on any atom is 0.194 e. The number of fused-ring (bicyclic) bond motifs is 1. The van der Waals surface area contributed by atoms with Crippen molar-refractivity contribution in [3.05, 3.63) is 79.8 Å². The predicted molar refractivity (Wildman–Crippen MR) is 105 cm³/mol. The van der Waals surface area contributed by atoms with Gasteiger partial charge in [-0.3, -0.25) is 4.40 Å². The molecule has 2 heterocycles. The SMILES string of the molecule is Clc1ccc(Cc2cn3cc(-c4ccc(Br)cc4)nc3s2)cc1Cl. The maximum absolute atomic E-state index is 6.09. The minimum absolute atomic E-state index is 0.584. The Morgan fingerprint density at radius 1 is 1.00 bits per heavy atom. The molecule has 4 aromatic rings. The number of benzene rings is 2. The van der Waals surface area contributed by atoms with Crippen molar-refractivity contribution in [1.29, 1.82) is 0 Å². The monoisotopic (exact) mass is 436 g/mol. The minimum Gasteiger partial charge on any atom is -0.297 e. The van der Waals surface area contributed by atoms with Crippen molar-refractivity contribution < 1.29 is 0 Å². The molecule has 0 unspecified atom stereocenters. The maximum atomic E-state index is 6.09. The molecule has 24 heavy (non-hydrogen) atoms. The molecule has 0 saturated carbocycles. The highest BCUT2D eigenvalue weighted by molar-refractivity contribution is 9.10. The van der Waals surface area contributed by atoms with Gasteiger partial charge in [0.2, 0.25) is 0 Å². The number of hydrogen-bond donors (Lipinski definition) is 0. The zero-order chi connectivity index (χ0) is 16.7. The number of nitrogens with zero attached hydrogens (tertiary/aromatic N) is 2. The Morgan fingerprint density at radius 2 is 1.79 bits per heavy atom. The lowest BCUT2D eigenvalue weighted by Crippen LogP contribution is -1.85. The van der Waals surface area contributed by atoms with Gasteiger partial charge in [0.1, 0.15) is 0 Å². The topological polar surface area (TPSA) is 17.3 Å². The van der Waals surface area contributed by atoms with E-state index in [-0.39, 0.29) is 0 Å². The van der Waals surface area contributed by atoms with Crippen LogP contribution in [-0.2, 0) is 6.42 Å². The van der Waals surface area contributed by atoms with Gasteiger partial charge in [0.15, 0.2) is 4.96 Å². The van der Waals surface area contributed by atoms with Crippen LogP contribution in [0.15, 0.2) is 59.3 Å². The molecule has 0 saturated heterocycles. The third kappa shape index (κ3) is 3.24. The minimum atomic E-state index is 0.584. The van der Waals surface area contributed by atoms with E-state index in [0.29, 0.717) is 10.0 Å². The summed E-state index contributed by atoms with van der Waals surface area (Å²) in [6, 6.07) is 13.9. The van der Waals surface area contributed by atoms with Crippen molar-refractivity contribution in [3.63, 3.8) is 0 Å². The Morgan fingerprint density at radius 3 is 2.50 bits per heavy atom. The van der Waals surface area contributed by atoms with Gasteiger partial charge in [-0.15, -0.1) is 11.3 Å². The van der Waals surface area contributed by atoms with Gasteiger partial charge < -0.3 is 0 Å². The Balaban J connectivity index is 1.61. The Hall–Kier alpha value is -1.33. The normalized spacial score (nSPS) is 11.3. The number of rotatable bonds is 3. The van der Waals surface area contributed by atoms with Crippen molar-refractivity contribution in [2.75, 3.05) is 0 Å². The quantitative estimate of drug-likeness (QED) is 0.347. The van der Waals surface area contributed by atoms with E-state index in [9.17, 15) is 0 Å². The zero-order valence-electron chi connectivity index (χ0n) is 12.3. The van der Waals surface area contributed by atoms with Crippen LogP contribution < -0.4 is 0 Å². The summed E-state index contributed by atoms with van der Waals surface area (Å²) in [6.07, 6.45) is 5.00. The van der Waals surface area contributed by atoms with E-state index in [4.69, 9.17) is 28.2 Å². The highest BCUT2D eigenvalue weighted by Crippen LogP contribution is 2.28. The van der Waals surface area contributed by atoms with E-state index in [0.717, 1.165) is 32.7 Å². The molecular formula is C18H11BrCl2N2S. The molecule has 0 aliphatic rings. The smallest absolute Gasteiger partial charge is 0.194 e. The van der Waals surface area contributed by atoms with Crippen molar-refractivity contribution in [2.45, 2.75) is 6.42 Å².